The molecule has 128 valence electrons. The van der Waals surface area contributed by atoms with Crippen LogP contribution in [0.25, 0.3) is 0 Å². The van der Waals surface area contributed by atoms with Crippen molar-refractivity contribution >= 4 is 17.2 Å². The summed E-state index contributed by atoms with van der Waals surface area (Å²) in [7, 11) is 1.98. The van der Waals surface area contributed by atoms with Gasteiger partial charge in [-0.2, -0.15) is 5.10 Å². The predicted octanol–water partition coefficient (Wildman–Crippen LogP) is 2.58. The molecule has 0 aromatic carbocycles. The first kappa shape index (κ1) is 15.8. The highest BCUT2D eigenvalue weighted by molar-refractivity contribution is 7.10. The minimum absolute atomic E-state index is 0.194. The Bertz CT molecular complexity index is 706. The highest BCUT2D eigenvalue weighted by atomic mass is 32.1. The van der Waals surface area contributed by atoms with E-state index in [9.17, 15) is 4.79 Å². The number of ether oxygens (including phenoxy) is 1. The van der Waals surface area contributed by atoms with Gasteiger partial charge in [0.05, 0.1) is 24.9 Å². The normalized spacial score (nSPS) is 20.2. The topological polar surface area (TPSA) is 47.4 Å². The molecule has 1 amide bonds. The fraction of sp³-hybridized carbons (Fsp3) is 0.556. The predicted molar refractivity (Wildman–Crippen MR) is 92.9 cm³/mol. The highest BCUT2D eigenvalue weighted by Crippen LogP contribution is 2.31. The third-order valence-corrected chi connectivity index (χ3v) is 5.76. The molecule has 2 aliphatic rings. The molecule has 1 unspecified atom stereocenters. The maximum atomic E-state index is 12.7. The van der Waals surface area contributed by atoms with Crippen molar-refractivity contribution in [1.82, 2.24) is 14.7 Å². The second kappa shape index (κ2) is 6.69. The van der Waals surface area contributed by atoms with Crippen molar-refractivity contribution in [1.29, 1.82) is 0 Å². The van der Waals surface area contributed by atoms with Crippen molar-refractivity contribution in [3.63, 3.8) is 0 Å². The molecule has 1 aliphatic carbocycles. The molecule has 3 heterocycles. The van der Waals surface area contributed by atoms with Gasteiger partial charge in [0, 0.05) is 43.1 Å². The molecule has 0 N–H and O–H groups in total. The molecule has 24 heavy (non-hydrogen) atoms. The summed E-state index contributed by atoms with van der Waals surface area (Å²) in [4.78, 5) is 15.8. The zero-order chi connectivity index (χ0) is 16.5. The van der Waals surface area contributed by atoms with Gasteiger partial charge in [0.25, 0.3) is 0 Å². The number of rotatable bonds is 6. The number of carbonyl (C=O) groups excluding carboxylic acids is 1. The van der Waals surface area contributed by atoms with Gasteiger partial charge in [-0.15, -0.1) is 11.3 Å². The van der Waals surface area contributed by atoms with Crippen LogP contribution in [-0.4, -0.2) is 40.3 Å². The molecule has 2 aromatic rings. The summed E-state index contributed by atoms with van der Waals surface area (Å²) < 4.78 is 7.88. The van der Waals surface area contributed by atoms with Gasteiger partial charge in [0.2, 0.25) is 5.91 Å². The van der Waals surface area contributed by atoms with Crippen LogP contribution in [0, 0.1) is 5.92 Å². The number of amides is 1. The Balaban J connectivity index is 1.45. The van der Waals surface area contributed by atoms with E-state index in [4.69, 9.17) is 4.74 Å². The lowest BCUT2D eigenvalue weighted by Gasteiger charge is -2.33. The Morgan fingerprint density at radius 2 is 2.29 bits per heavy atom. The first-order chi connectivity index (χ1) is 11.7. The van der Waals surface area contributed by atoms with Gasteiger partial charge in [-0.3, -0.25) is 9.48 Å². The van der Waals surface area contributed by atoms with E-state index in [-0.39, 0.29) is 11.8 Å². The maximum absolute atomic E-state index is 12.7. The third-order valence-electron chi connectivity index (χ3n) is 4.88. The number of aromatic nitrogens is 2. The van der Waals surface area contributed by atoms with Gasteiger partial charge in [-0.1, -0.05) is 6.07 Å². The van der Waals surface area contributed by atoms with Gasteiger partial charge < -0.3 is 9.64 Å². The van der Waals surface area contributed by atoms with Gasteiger partial charge in [-0.25, -0.2) is 0 Å². The fourth-order valence-electron chi connectivity index (χ4n) is 3.42. The fourth-order valence-corrected chi connectivity index (χ4v) is 4.12. The van der Waals surface area contributed by atoms with Crippen LogP contribution in [0.1, 0.15) is 34.9 Å². The molecule has 0 bridgehead atoms. The van der Waals surface area contributed by atoms with Crippen molar-refractivity contribution in [3.05, 3.63) is 39.8 Å². The SMILES string of the molecule is Cn1ncc2c1C(COCC1CC1)CN(C(=O)Cc1cccs1)C2. The molecular weight excluding hydrogens is 322 g/mol. The lowest BCUT2D eigenvalue weighted by Crippen LogP contribution is -2.40. The molecular formula is C18H23N3O2S. The first-order valence-corrected chi connectivity index (χ1v) is 9.47. The van der Waals surface area contributed by atoms with Crippen molar-refractivity contribution in [2.45, 2.75) is 31.7 Å². The molecule has 1 atom stereocenters. The van der Waals surface area contributed by atoms with Crippen LogP contribution >= 0.6 is 11.3 Å². The Kier molecular flexibility index (Phi) is 4.41. The molecule has 1 aliphatic heterocycles. The van der Waals surface area contributed by atoms with Crippen molar-refractivity contribution in [3.8, 4) is 0 Å². The summed E-state index contributed by atoms with van der Waals surface area (Å²) in [5.74, 6) is 1.17. The highest BCUT2D eigenvalue weighted by Gasteiger charge is 2.32. The van der Waals surface area contributed by atoms with Crippen LogP contribution in [0.3, 0.4) is 0 Å². The Morgan fingerprint density at radius 3 is 3.04 bits per heavy atom. The number of nitrogens with zero attached hydrogens (tertiary/aromatic N) is 3. The zero-order valence-corrected chi connectivity index (χ0v) is 14.8. The van der Waals surface area contributed by atoms with E-state index < -0.39 is 0 Å². The monoisotopic (exact) mass is 345 g/mol. The van der Waals surface area contributed by atoms with E-state index in [1.165, 1.54) is 18.5 Å². The third kappa shape index (κ3) is 3.39. The van der Waals surface area contributed by atoms with E-state index >= 15 is 0 Å². The first-order valence-electron chi connectivity index (χ1n) is 8.59. The quantitative estimate of drug-likeness (QED) is 0.808. The minimum Gasteiger partial charge on any atom is -0.380 e. The molecule has 0 saturated heterocycles. The summed E-state index contributed by atoms with van der Waals surface area (Å²) in [5.41, 5.74) is 2.38. The lowest BCUT2D eigenvalue weighted by atomic mass is 9.96. The zero-order valence-electron chi connectivity index (χ0n) is 14.0. The summed E-state index contributed by atoms with van der Waals surface area (Å²) in [6, 6.07) is 4.02. The van der Waals surface area contributed by atoms with Gasteiger partial charge in [-0.05, 0) is 30.2 Å². The number of aryl methyl sites for hydroxylation is 1. The van der Waals surface area contributed by atoms with Crippen LogP contribution in [0.2, 0.25) is 0 Å². The number of hydrogen-bond donors (Lipinski definition) is 0. The molecule has 2 aromatic heterocycles. The van der Waals surface area contributed by atoms with E-state index in [0.717, 1.165) is 29.5 Å². The van der Waals surface area contributed by atoms with Crippen molar-refractivity contribution in [2.24, 2.45) is 13.0 Å². The number of fused-ring (bicyclic) bond motifs is 1. The number of carbonyl (C=O) groups is 1. The average molecular weight is 345 g/mol. The Hall–Kier alpha value is -1.66. The summed E-state index contributed by atoms with van der Waals surface area (Å²) in [6.45, 7) is 2.91. The van der Waals surface area contributed by atoms with Gasteiger partial charge >= 0.3 is 0 Å². The Morgan fingerprint density at radius 1 is 1.42 bits per heavy atom. The number of hydrogen-bond acceptors (Lipinski definition) is 4. The molecule has 6 heteroatoms. The van der Waals surface area contributed by atoms with E-state index in [1.807, 2.05) is 40.3 Å². The van der Waals surface area contributed by atoms with E-state index in [0.29, 0.717) is 19.6 Å². The van der Waals surface area contributed by atoms with Crippen LogP contribution in [-0.2, 0) is 29.5 Å². The molecule has 4 rings (SSSR count). The van der Waals surface area contributed by atoms with Crippen LogP contribution < -0.4 is 0 Å². The largest absolute Gasteiger partial charge is 0.380 e. The maximum Gasteiger partial charge on any atom is 0.228 e. The van der Waals surface area contributed by atoms with Gasteiger partial charge in [0.1, 0.15) is 0 Å². The van der Waals surface area contributed by atoms with Crippen LogP contribution in [0.15, 0.2) is 23.7 Å². The lowest BCUT2D eigenvalue weighted by molar-refractivity contribution is -0.132. The summed E-state index contributed by atoms with van der Waals surface area (Å²) in [5, 5.41) is 6.42. The summed E-state index contributed by atoms with van der Waals surface area (Å²) >= 11 is 1.64. The smallest absolute Gasteiger partial charge is 0.228 e. The second-order valence-corrected chi connectivity index (χ2v) is 7.92. The molecule has 5 nitrogen and oxygen atoms in total. The Labute approximate surface area is 146 Å². The van der Waals surface area contributed by atoms with Gasteiger partial charge in [0.15, 0.2) is 0 Å². The number of thiophene rings is 1. The van der Waals surface area contributed by atoms with Crippen LogP contribution in [0.5, 0.6) is 0 Å². The van der Waals surface area contributed by atoms with E-state index in [2.05, 4.69) is 5.10 Å². The summed E-state index contributed by atoms with van der Waals surface area (Å²) in [6.07, 6.45) is 4.98. The van der Waals surface area contributed by atoms with E-state index in [1.54, 1.807) is 11.3 Å². The molecule has 0 radical (unpaired) electrons. The van der Waals surface area contributed by atoms with Crippen molar-refractivity contribution < 1.29 is 9.53 Å². The minimum atomic E-state index is 0.194. The molecule has 1 fully saturated rings. The average Bonchev–Trinajstić information content (AvgIpc) is 3.10. The molecule has 1 saturated carbocycles. The standard InChI is InChI=1S/C18H23N3O2S/c1-20-18-14(8-19-20)9-21(17(22)7-16-3-2-6-24-16)10-15(18)12-23-11-13-4-5-13/h2-3,6,8,13,15H,4-5,7,9-12H2,1H3. The second-order valence-electron chi connectivity index (χ2n) is 6.89. The molecule has 0 spiro atoms. The van der Waals surface area contributed by atoms with Crippen molar-refractivity contribution in [2.75, 3.05) is 19.8 Å². The van der Waals surface area contributed by atoms with Crippen LogP contribution in [0.4, 0.5) is 0 Å².